The summed E-state index contributed by atoms with van der Waals surface area (Å²) in [6.45, 7) is 0. The van der Waals surface area contributed by atoms with Crippen molar-refractivity contribution in [3.05, 3.63) is 222 Å². The highest BCUT2D eigenvalue weighted by Gasteiger charge is 2.49. The molecule has 0 bridgehead atoms. The summed E-state index contributed by atoms with van der Waals surface area (Å²) in [7, 11) is 0. The first-order valence-corrected chi connectivity index (χ1v) is 19.9. The first-order valence-electron chi connectivity index (χ1n) is 19.9. The van der Waals surface area contributed by atoms with Gasteiger partial charge in [-0.2, -0.15) is 0 Å². The predicted octanol–water partition coefficient (Wildman–Crippen LogP) is 15.0. The van der Waals surface area contributed by atoms with Crippen molar-refractivity contribution < 1.29 is 9.15 Å². The molecule has 2 heterocycles. The van der Waals surface area contributed by atoms with E-state index >= 15 is 0 Å². The first-order chi connectivity index (χ1) is 28.7. The molecule has 2 aliphatic rings. The van der Waals surface area contributed by atoms with Crippen molar-refractivity contribution in [2.24, 2.45) is 0 Å². The molecule has 0 saturated heterocycles. The molecule has 0 saturated carbocycles. The van der Waals surface area contributed by atoms with E-state index in [9.17, 15) is 0 Å². The quantitative estimate of drug-likeness (QED) is 0.180. The number of benzene rings is 10. The molecule has 1 aromatic heterocycles. The molecule has 13 rings (SSSR count). The van der Waals surface area contributed by atoms with Crippen LogP contribution in [0.15, 0.2) is 205 Å². The van der Waals surface area contributed by atoms with Gasteiger partial charge in [0.05, 0.1) is 11.1 Å². The number of hydrogen-bond donors (Lipinski definition) is 0. The summed E-state index contributed by atoms with van der Waals surface area (Å²) < 4.78 is 13.6. The number of hydrogen-bond acceptors (Lipinski definition) is 3. The zero-order valence-corrected chi connectivity index (χ0v) is 31.3. The van der Waals surface area contributed by atoms with Gasteiger partial charge < -0.3 is 14.1 Å². The van der Waals surface area contributed by atoms with Crippen molar-refractivity contribution in [1.29, 1.82) is 0 Å². The molecule has 3 nitrogen and oxygen atoms in total. The van der Waals surface area contributed by atoms with Crippen LogP contribution >= 0.6 is 0 Å². The summed E-state index contributed by atoms with van der Waals surface area (Å²) >= 11 is 0. The Balaban J connectivity index is 1.11. The van der Waals surface area contributed by atoms with Crippen molar-refractivity contribution in [2.45, 2.75) is 5.41 Å². The van der Waals surface area contributed by atoms with Crippen molar-refractivity contribution in [2.75, 3.05) is 4.90 Å². The number of ether oxygens (including phenoxy) is 1. The maximum absolute atomic E-state index is 6.91. The Morgan fingerprint density at radius 1 is 0.362 bits per heavy atom. The fraction of sp³-hybridized carbons (Fsp3) is 0.0182. The molecular formula is C55H33NO2. The van der Waals surface area contributed by atoms with E-state index in [1.807, 2.05) is 0 Å². The van der Waals surface area contributed by atoms with Crippen LogP contribution in [-0.2, 0) is 5.41 Å². The molecule has 3 heteroatoms. The normalized spacial score (nSPS) is 15.1. The van der Waals surface area contributed by atoms with E-state index in [2.05, 4.69) is 205 Å². The highest BCUT2D eigenvalue weighted by molar-refractivity contribution is 6.11. The molecule has 1 aliphatic carbocycles. The molecule has 10 aromatic carbocycles. The fourth-order valence-corrected chi connectivity index (χ4v) is 10.2. The summed E-state index contributed by atoms with van der Waals surface area (Å²) in [6.07, 6.45) is 0. The first kappa shape index (κ1) is 31.6. The number of fused-ring (bicyclic) bond motifs is 13. The Labute approximate surface area is 334 Å². The van der Waals surface area contributed by atoms with Gasteiger partial charge >= 0.3 is 0 Å². The fourth-order valence-electron chi connectivity index (χ4n) is 10.2. The third-order valence-electron chi connectivity index (χ3n) is 12.7. The zero-order valence-electron chi connectivity index (χ0n) is 31.3. The summed E-state index contributed by atoms with van der Waals surface area (Å²) in [5.41, 5.74) is 11.5. The zero-order chi connectivity index (χ0) is 38.0. The van der Waals surface area contributed by atoms with Gasteiger partial charge in [-0.1, -0.05) is 140 Å². The van der Waals surface area contributed by atoms with E-state index in [-0.39, 0.29) is 0 Å². The van der Waals surface area contributed by atoms with Gasteiger partial charge in [-0.15, -0.1) is 0 Å². The molecule has 1 aliphatic heterocycles. The van der Waals surface area contributed by atoms with Crippen LogP contribution < -0.4 is 9.64 Å². The summed E-state index contributed by atoms with van der Waals surface area (Å²) in [6, 6.07) is 72.6. The molecular weight excluding hydrogens is 707 g/mol. The van der Waals surface area contributed by atoms with Crippen molar-refractivity contribution in [3.8, 4) is 22.6 Å². The minimum Gasteiger partial charge on any atom is -0.457 e. The largest absolute Gasteiger partial charge is 0.457 e. The van der Waals surface area contributed by atoms with Crippen LogP contribution in [0.2, 0.25) is 0 Å². The molecule has 1 atom stereocenters. The number of rotatable bonds is 3. The summed E-state index contributed by atoms with van der Waals surface area (Å²) in [4.78, 5) is 2.39. The van der Waals surface area contributed by atoms with Gasteiger partial charge in [0, 0.05) is 44.7 Å². The van der Waals surface area contributed by atoms with Crippen LogP contribution in [0.5, 0.6) is 11.5 Å². The number of furan rings is 1. The average Bonchev–Trinajstić information content (AvgIpc) is 3.63. The van der Waals surface area contributed by atoms with Crippen molar-refractivity contribution in [1.82, 2.24) is 0 Å². The minimum absolute atomic E-state index is 0.653. The molecule has 1 unspecified atom stereocenters. The van der Waals surface area contributed by atoms with Gasteiger partial charge in [0.2, 0.25) is 0 Å². The Bertz CT molecular complexity index is 3510. The maximum atomic E-state index is 6.91. The second-order valence-corrected chi connectivity index (χ2v) is 15.6. The van der Waals surface area contributed by atoms with Crippen LogP contribution in [0.3, 0.4) is 0 Å². The van der Waals surface area contributed by atoms with Crippen molar-refractivity contribution >= 4 is 71.3 Å². The Hall–Kier alpha value is -7.62. The molecule has 0 N–H and O–H groups in total. The van der Waals surface area contributed by atoms with Crippen LogP contribution in [0.25, 0.3) is 65.4 Å². The average molecular weight is 740 g/mol. The molecule has 0 radical (unpaired) electrons. The lowest BCUT2D eigenvalue weighted by atomic mass is 9.58. The second kappa shape index (κ2) is 11.7. The van der Waals surface area contributed by atoms with Gasteiger partial charge in [-0.3, -0.25) is 0 Å². The molecule has 0 amide bonds. The van der Waals surface area contributed by atoms with Crippen LogP contribution in [0.4, 0.5) is 17.1 Å². The molecule has 1 spiro atoms. The topological polar surface area (TPSA) is 25.6 Å². The molecule has 270 valence electrons. The van der Waals surface area contributed by atoms with E-state index in [1.54, 1.807) is 0 Å². The van der Waals surface area contributed by atoms with Gasteiger partial charge in [-0.05, 0) is 104 Å². The van der Waals surface area contributed by atoms with E-state index in [1.165, 1.54) is 49.2 Å². The van der Waals surface area contributed by atoms with Gasteiger partial charge in [0.15, 0.2) is 0 Å². The monoisotopic (exact) mass is 739 g/mol. The van der Waals surface area contributed by atoms with Gasteiger partial charge in [-0.25, -0.2) is 0 Å². The third-order valence-corrected chi connectivity index (χ3v) is 12.7. The number of anilines is 3. The predicted molar refractivity (Wildman–Crippen MR) is 238 cm³/mol. The number of para-hydroxylation sites is 1. The van der Waals surface area contributed by atoms with Gasteiger partial charge in [0.1, 0.15) is 22.7 Å². The Morgan fingerprint density at radius 2 is 0.983 bits per heavy atom. The van der Waals surface area contributed by atoms with Crippen LogP contribution in [0, 0.1) is 0 Å². The van der Waals surface area contributed by atoms with Crippen LogP contribution in [-0.4, -0.2) is 0 Å². The second-order valence-electron chi connectivity index (χ2n) is 15.6. The maximum Gasteiger partial charge on any atom is 0.137 e. The SMILES string of the molecule is c1ccc2c(c1)Oc1ccc(N(c3ccc4c(c3)oc3cc5ccccc5cc34)c3cccc4ccccc34)cc1C21c2ccccc2-c2cccc3cccc1c23. The highest BCUT2D eigenvalue weighted by Crippen LogP contribution is 2.62. The summed E-state index contributed by atoms with van der Waals surface area (Å²) in [5, 5.41) is 9.45. The lowest BCUT2D eigenvalue weighted by molar-refractivity contribution is 0.435. The highest BCUT2D eigenvalue weighted by atomic mass is 16.5. The molecule has 11 aromatic rings. The van der Waals surface area contributed by atoms with Crippen molar-refractivity contribution in [3.63, 3.8) is 0 Å². The van der Waals surface area contributed by atoms with E-state index in [0.29, 0.717) is 0 Å². The number of nitrogens with zero attached hydrogens (tertiary/aromatic N) is 1. The Morgan fingerprint density at radius 3 is 1.90 bits per heavy atom. The smallest absolute Gasteiger partial charge is 0.137 e. The van der Waals surface area contributed by atoms with E-state index in [4.69, 9.17) is 9.15 Å². The molecule has 0 fully saturated rings. The standard InChI is InChI=1S/C55H33NO2/c1-2-14-37-31-52-44(30-36(37)13-1)42-28-26-39(33-53(42)58-52)56(49-24-11-15-34-12-3-4-18-40(34)49)38-27-29-51-48(32-38)55(46-22-7-8-25-50(46)57-51)45-21-6-5-19-41(45)43-20-9-16-35-17-10-23-47(55)54(35)43/h1-33H. The van der Waals surface area contributed by atoms with E-state index in [0.717, 1.165) is 67.0 Å². The minimum atomic E-state index is -0.653. The lowest BCUT2D eigenvalue weighted by Gasteiger charge is -2.45. The van der Waals surface area contributed by atoms with Gasteiger partial charge in [0.25, 0.3) is 0 Å². The van der Waals surface area contributed by atoms with Crippen LogP contribution in [0.1, 0.15) is 22.3 Å². The Kier molecular flexibility index (Phi) is 6.37. The lowest BCUT2D eigenvalue weighted by Crippen LogP contribution is -2.36. The third kappa shape index (κ3) is 4.22. The summed E-state index contributed by atoms with van der Waals surface area (Å²) in [5.74, 6) is 1.73. The van der Waals surface area contributed by atoms with E-state index < -0.39 is 5.41 Å². The molecule has 58 heavy (non-hydrogen) atoms.